The van der Waals surface area contributed by atoms with E-state index in [4.69, 9.17) is 0 Å². The molecule has 0 bridgehead atoms. The van der Waals surface area contributed by atoms with Gasteiger partial charge in [-0.2, -0.15) is 4.98 Å². The lowest BCUT2D eigenvalue weighted by molar-refractivity contribution is -0.120. The summed E-state index contributed by atoms with van der Waals surface area (Å²) in [6.45, 7) is 5.37. The maximum Gasteiger partial charge on any atom is 0.224 e. The van der Waals surface area contributed by atoms with Crippen LogP contribution >= 0.6 is 15.9 Å². The fourth-order valence-corrected chi connectivity index (χ4v) is 1.64. The third-order valence-electron chi connectivity index (χ3n) is 2.32. The Bertz CT molecular complexity index is 425. The summed E-state index contributed by atoms with van der Waals surface area (Å²) in [4.78, 5) is 19.8. The van der Waals surface area contributed by atoms with Crippen LogP contribution in [-0.2, 0) is 4.79 Å². The summed E-state index contributed by atoms with van der Waals surface area (Å²) in [5.74, 6) is 1.72. The van der Waals surface area contributed by atoms with Crippen LogP contribution in [0.3, 0.4) is 0 Å². The maximum atomic E-state index is 11.5. The van der Waals surface area contributed by atoms with E-state index >= 15 is 0 Å². The van der Waals surface area contributed by atoms with Crippen molar-refractivity contribution in [2.45, 2.75) is 20.3 Å². The molecule has 0 fully saturated rings. The molecule has 106 valence electrons. The first-order chi connectivity index (χ1) is 9.02. The molecule has 6 nitrogen and oxygen atoms in total. The molecule has 0 saturated carbocycles. The first kappa shape index (κ1) is 15.7. The Balaban J connectivity index is 2.38. The smallest absolute Gasteiger partial charge is 0.224 e. The SMILES string of the molecule is CNc1ncc(Br)c(NCCC(=O)NCC(C)C)n1. The van der Waals surface area contributed by atoms with Gasteiger partial charge in [0.05, 0.1) is 4.47 Å². The predicted octanol–water partition coefficient (Wildman–Crippen LogP) is 1.85. The molecule has 0 radical (unpaired) electrons. The molecule has 1 heterocycles. The fraction of sp³-hybridized carbons (Fsp3) is 0.583. The fourth-order valence-electron chi connectivity index (χ4n) is 1.31. The van der Waals surface area contributed by atoms with Crippen LogP contribution in [0.2, 0.25) is 0 Å². The van der Waals surface area contributed by atoms with Crippen molar-refractivity contribution >= 4 is 33.6 Å². The molecule has 1 rings (SSSR count). The van der Waals surface area contributed by atoms with E-state index in [0.717, 1.165) is 4.47 Å². The van der Waals surface area contributed by atoms with Crippen LogP contribution in [-0.4, -0.2) is 36.0 Å². The van der Waals surface area contributed by atoms with E-state index in [1.807, 2.05) is 0 Å². The number of carbonyl (C=O) groups excluding carboxylic acids is 1. The molecule has 0 saturated heterocycles. The van der Waals surface area contributed by atoms with Gasteiger partial charge in [-0.15, -0.1) is 0 Å². The molecular formula is C12H20BrN5O. The van der Waals surface area contributed by atoms with Crippen LogP contribution in [0.25, 0.3) is 0 Å². The van der Waals surface area contributed by atoms with E-state index in [-0.39, 0.29) is 5.91 Å². The average Bonchev–Trinajstić information content (AvgIpc) is 2.38. The molecule has 0 unspecified atom stereocenters. The summed E-state index contributed by atoms with van der Waals surface area (Å²) in [7, 11) is 1.76. The number of hydrogen-bond acceptors (Lipinski definition) is 5. The molecular weight excluding hydrogens is 310 g/mol. The quantitative estimate of drug-likeness (QED) is 0.711. The lowest BCUT2D eigenvalue weighted by Crippen LogP contribution is -2.28. The van der Waals surface area contributed by atoms with E-state index in [1.54, 1.807) is 13.2 Å². The molecule has 0 aromatic carbocycles. The zero-order valence-corrected chi connectivity index (χ0v) is 13.0. The van der Waals surface area contributed by atoms with Crippen LogP contribution in [0.1, 0.15) is 20.3 Å². The second kappa shape index (κ2) is 7.93. The zero-order valence-electron chi connectivity index (χ0n) is 11.5. The van der Waals surface area contributed by atoms with Gasteiger partial charge >= 0.3 is 0 Å². The first-order valence-electron chi connectivity index (χ1n) is 6.23. The molecule has 0 aliphatic heterocycles. The number of rotatable bonds is 7. The Morgan fingerprint density at radius 3 is 2.84 bits per heavy atom. The molecule has 19 heavy (non-hydrogen) atoms. The minimum absolute atomic E-state index is 0.0419. The number of hydrogen-bond donors (Lipinski definition) is 3. The third-order valence-corrected chi connectivity index (χ3v) is 2.90. The van der Waals surface area contributed by atoms with Crippen LogP contribution in [0, 0.1) is 5.92 Å². The summed E-state index contributed by atoms with van der Waals surface area (Å²) in [5.41, 5.74) is 0. The van der Waals surface area contributed by atoms with Crippen molar-refractivity contribution in [3.8, 4) is 0 Å². The average molecular weight is 330 g/mol. The molecule has 0 spiro atoms. The van der Waals surface area contributed by atoms with Gasteiger partial charge in [0.15, 0.2) is 0 Å². The summed E-state index contributed by atoms with van der Waals surface area (Å²) < 4.78 is 0.772. The summed E-state index contributed by atoms with van der Waals surface area (Å²) in [5, 5.41) is 8.84. The van der Waals surface area contributed by atoms with E-state index in [2.05, 4.69) is 55.7 Å². The first-order valence-corrected chi connectivity index (χ1v) is 7.03. The third kappa shape index (κ3) is 5.87. The Morgan fingerprint density at radius 1 is 1.47 bits per heavy atom. The number of anilines is 2. The molecule has 1 aromatic rings. The van der Waals surface area contributed by atoms with Gasteiger partial charge in [0.1, 0.15) is 5.82 Å². The lowest BCUT2D eigenvalue weighted by atomic mass is 10.2. The molecule has 0 atom stereocenters. The van der Waals surface area contributed by atoms with E-state index in [0.29, 0.717) is 37.2 Å². The second-order valence-electron chi connectivity index (χ2n) is 4.51. The number of nitrogens with zero attached hydrogens (tertiary/aromatic N) is 2. The molecule has 1 aromatic heterocycles. The summed E-state index contributed by atoms with van der Waals surface area (Å²) in [6, 6.07) is 0. The van der Waals surface area contributed by atoms with Gasteiger partial charge in [-0.25, -0.2) is 4.98 Å². The van der Waals surface area contributed by atoms with Crippen molar-refractivity contribution in [2.24, 2.45) is 5.92 Å². The van der Waals surface area contributed by atoms with Crippen molar-refractivity contribution in [3.05, 3.63) is 10.7 Å². The largest absolute Gasteiger partial charge is 0.368 e. The Hall–Kier alpha value is -1.37. The monoisotopic (exact) mass is 329 g/mol. The number of nitrogens with one attached hydrogen (secondary N) is 3. The highest BCUT2D eigenvalue weighted by atomic mass is 79.9. The van der Waals surface area contributed by atoms with Crippen molar-refractivity contribution in [1.82, 2.24) is 15.3 Å². The van der Waals surface area contributed by atoms with Gasteiger partial charge in [0.25, 0.3) is 0 Å². The van der Waals surface area contributed by atoms with E-state index in [1.165, 1.54) is 0 Å². The van der Waals surface area contributed by atoms with Crippen molar-refractivity contribution in [3.63, 3.8) is 0 Å². The van der Waals surface area contributed by atoms with Gasteiger partial charge in [-0.3, -0.25) is 4.79 Å². The van der Waals surface area contributed by atoms with Gasteiger partial charge < -0.3 is 16.0 Å². The summed E-state index contributed by atoms with van der Waals surface area (Å²) in [6.07, 6.45) is 2.08. The molecule has 0 aliphatic carbocycles. The van der Waals surface area contributed by atoms with Crippen molar-refractivity contribution < 1.29 is 4.79 Å². The molecule has 3 N–H and O–H groups in total. The number of halogens is 1. The number of carbonyl (C=O) groups is 1. The highest BCUT2D eigenvalue weighted by Crippen LogP contribution is 2.19. The molecule has 1 amide bonds. The minimum atomic E-state index is 0.0419. The highest BCUT2D eigenvalue weighted by Gasteiger charge is 2.06. The Morgan fingerprint density at radius 2 is 2.21 bits per heavy atom. The lowest BCUT2D eigenvalue weighted by Gasteiger charge is -2.10. The van der Waals surface area contributed by atoms with Crippen LogP contribution in [0.15, 0.2) is 10.7 Å². The summed E-state index contributed by atoms with van der Waals surface area (Å²) >= 11 is 3.36. The number of amides is 1. The van der Waals surface area contributed by atoms with Crippen LogP contribution in [0.5, 0.6) is 0 Å². The van der Waals surface area contributed by atoms with Gasteiger partial charge in [0.2, 0.25) is 11.9 Å². The molecule has 0 aliphatic rings. The molecule has 7 heteroatoms. The van der Waals surface area contributed by atoms with Crippen LogP contribution < -0.4 is 16.0 Å². The Kier molecular flexibility index (Phi) is 6.55. The minimum Gasteiger partial charge on any atom is -0.368 e. The maximum absolute atomic E-state index is 11.5. The van der Waals surface area contributed by atoms with Gasteiger partial charge in [-0.1, -0.05) is 13.8 Å². The van der Waals surface area contributed by atoms with Gasteiger partial charge in [-0.05, 0) is 21.8 Å². The normalized spacial score (nSPS) is 10.4. The topological polar surface area (TPSA) is 78.9 Å². The number of aromatic nitrogens is 2. The van der Waals surface area contributed by atoms with Crippen molar-refractivity contribution in [1.29, 1.82) is 0 Å². The second-order valence-corrected chi connectivity index (χ2v) is 5.37. The highest BCUT2D eigenvalue weighted by molar-refractivity contribution is 9.10. The standard InChI is InChI=1S/C12H20BrN5O/c1-8(2)6-16-10(19)4-5-15-11-9(13)7-17-12(14-3)18-11/h7-8H,4-6H2,1-3H3,(H,16,19)(H2,14,15,17,18). The zero-order chi connectivity index (χ0) is 14.3. The van der Waals surface area contributed by atoms with E-state index in [9.17, 15) is 4.79 Å². The predicted molar refractivity (Wildman–Crippen MR) is 80.2 cm³/mol. The van der Waals surface area contributed by atoms with Crippen LogP contribution in [0.4, 0.5) is 11.8 Å². The Labute approximate surface area is 121 Å². The van der Waals surface area contributed by atoms with E-state index < -0.39 is 0 Å². The van der Waals surface area contributed by atoms with Crippen molar-refractivity contribution in [2.75, 3.05) is 30.8 Å². The van der Waals surface area contributed by atoms with Gasteiger partial charge in [0, 0.05) is 32.8 Å².